The highest BCUT2D eigenvalue weighted by Gasteiger charge is 2.16. The summed E-state index contributed by atoms with van der Waals surface area (Å²) in [6, 6.07) is 0. The van der Waals surface area contributed by atoms with Crippen molar-refractivity contribution in [2.75, 3.05) is 20.6 Å². The largest absolute Gasteiger partial charge is 0.476 e. The molecule has 16 heavy (non-hydrogen) atoms. The molecule has 0 bridgehead atoms. The van der Waals surface area contributed by atoms with Crippen molar-refractivity contribution in [2.24, 2.45) is 0 Å². The summed E-state index contributed by atoms with van der Waals surface area (Å²) < 4.78 is 1.69. The molecule has 0 unspecified atom stereocenters. The second kappa shape index (κ2) is 5.60. The predicted molar refractivity (Wildman–Crippen MR) is 59.5 cm³/mol. The Morgan fingerprint density at radius 1 is 1.50 bits per heavy atom. The first kappa shape index (κ1) is 12.6. The fourth-order valence-corrected chi connectivity index (χ4v) is 1.57. The van der Waals surface area contributed by atoms with E-state index in [-0.39, 0.29) is 5.69 Å². The molecule has 6 nitrogen and oxygen atoms in total. The zero-order valence-corrected chi connectivity index (χ0v) is 9.97. The minimum atomic E-state index is -1.00. The molecule has 0 fully saturated rings. The second-order valence-electron chi connectivity index (χ2n) is 3.92. The maximum absolute atomic E-state index is 10.9. The van der Waals surface area contributed by atoms with Crippen molar-refractivity contribution in [2.45, 2.75) is 26.3 Å². The van der Waals surface area contributed by atoms with Crippen LogP contribution in [0.5, 0.6) is 0 Å². The third kappa shape index (κ3) is 3.03. The third-order valence-corrected chi connectivity index (χ3v) is 2.35. The number of aromatic nitrogens is 3. The highest BCUT2D eigenvalue weighted by atomic mass is 16.4. The fraction of sp³-hybridized carbons (Fsp3) is 0.700. The zero-order valence-electron chi connectivity index (χ0n) is 9.97. The van der Waals surface area contributed by atoms with E-state index in [2.05, 4.69) is 15.2 Å². The molecule has 0 aliphatic carbocycles. The molecular formula is C10H18N4O2. The van der Waals surface area contributed by atoms with Crippen LogP contribution in [0.2, 0.25) is 0 Å². The monoisotopic (exact) mass is 226 g/mol. The maximum atomic E-state index is 10.9. The number of hydrogen-bond acceptors (Lipinski definition) is 4. The van der Waals surface area contributed by atoms with Gasteiger partial charge in [0.2, 0.25) is 0 Å². The molecule has 0 aromatic carbocycles. The van der Waals surface area contributed by atoms with Gasteiger partial charge in [-0.3, -0.25) is 0 Å². The van der Waals surface area contributed by atoms with Gasteiger partial charge in [0.15, 0.2) is 5.69 Å². The van der Waals surface area contributed by atoms with Crippen LogP contribution in [0.15, 0.2) is 0 Å². The summed E-state index contributed by atoms with van der Waals surface area (Å²) in [4.78, 5) is 12.9. The lowest BCUT2D eigenvalue weighted by Crippen LogP contribution is -2.16. The molecule has 1 aromatic heterocycles. The summed E-state index contributed by atoms with van der Waals surface area (Å²) in [6.07, 6.45) is 1.57. The molecular weight excluding hydrogens is 208 g/mol. The van der Waals surface area contributed by atoms with Gasteiger partial charge in [-0.1, -0.05) is 12.1 Å². The van der Waals surface area contributed by atoms with Crippen LogP contribution in [-0.4, -0.2) is 51.6 Å². The number of nitrogens with zero attached hydrogens (tertiary/aromatic N) is 4. The highest BCUT2D eigenvalue weighted by molar-refractivity contribution is 5.86. The van der Waals surface area contributed by atoms with Crippen LogP contribution in [0.4, 0.5) is 0 Å². The Kier molecular flexibility index (Phi) is 4.42. The SMILES string of the molecule is CCc1c(C(=O)O)nnn1CCCN(C)C. The first-order valence-electron chi connectivity index (χ1n) is 5.36. The number of rotatable bonds is 6. The average Bonchev–Trinajstić information content (AvgIpc) is 2.60. The normalized spacial score (nSPS) is 11.0. The van der Waals surface area contributed by atoms with Crippen molar-refractivity contribution >= 4 is 5.97 Å². The first-order chi connectivity index (χ1) is 7.56. The van der Waals surface area contributed by atoms with E-state index < -0.39 is 5.97 Å². The zero-order chi connectivity index (χ0) is 12.1. The van der Waals surface area contributed by atoms with E-state index >= 15 is 0 Å². The molecule has 1 aromatic rings. The summed E-state index contributed by atoms with van der Waals surface area (Å²) in [7, 11) is 4.01. The van der Waals surface area contributed by atoms with E-state index in [0.717, 1.165) is 13.0 Å². The lowest BCUT2D eigenvalue weighted by atomic mass is 10.2. The van der Waals surface area contributed by atoms with Crippen molar-refractivity contribution in [1.82, 2.24) is 19.9 Å². The molecule has 6 heteroatoms. The quantitative estimate of drug-likeness (QED) is 0.764. The first-order valence-corrected chi connectivity index (χ1v) is 5.36. The standard InChI is InChI=1S/C10H18N4O2/c1-4-8-9(10(15)16)11-12-14(8)7-5-6-13(2)3/h4-7H2,1-3H3,(H,15,16). The Labute approximate surface area is 94.9 Å². The minimum Gasteiger partial charge on any atom is -0.476 e. The number of carbonyl (C=O) groups is 1. The van der Waals surface area contributed by atoms with Crippen LogP contribution in [-0.2, 0) is 13.0 Å². The van der Waals surface area contributed by atoms with E-state index in [1.54, 1.807) is 4.68 Å². The van der Waals surface area contributed by atoms with Crippen LogP contribution in [0.25, 0.3) is 0 Å². The Morgan fingerprint density at radius 3 is 2.69 bits per heavy atom. The van der Waals surface area contributed by atoms with Gasteiger partial charge < -0.3 is 10.0 Å². The van der Waals surface area contributed by atoms with E-state index in [1.807, 2.05) is 21.0 Å². The Bertz CT molecular complexity index is 360. The van der Waals surface area contributed by atoms with Crippen LogP contribution in [0.3, 0.4) is 0 Å². The third-order valence-electron chi connectivity index (χ3n) is 2.35. The molecule has 1 rings (SSSR count). The molecule has 0 saturated heterocycles. The fourth-order valence-electron chi connectivity index (χ4n) is 1.57. The molecule has 0 aliphatic heterocycles. The van der Waals surface area contributed by atoms with Gasteiger partial charge in [0, 0.05) is 6.54 Å². The van der Waals surface area contributed by atoms with Crippen molar-refractivity contribution < 1.29 is 9.90 Å². The summed E-state index contributed by atoms with van der Waals surface area (Å²) in [6.45, 7) is 3.57. The lowest BCUT2D eigenvalue weighted by molar-refractivity contribution is 0.0689. The molecule has 0 spiro atoms. The summed E-state index contributed by atoms with van der Waals surface area (Å²) in [5.74, 6) is -1.00. The smallest absolute Gasteiger partial charge is 0.358 e. The van der Waals surface area contributed by atoms with E-state index in [9.17, 15) is 4.79 Å². The Balaban J connectivity index is 2.69. The Morgan fingerprint density at radius 2 is 2.19 bits per heavy atom. The summed E-state index contributed by atoms with van der Waals surface area (Å²) >= 11 is 0. The molecule has 1 N–H and O–H groups in total. The van der Waals surface area contributed by atoms with Gasteiger partial charge in [0.1, 0.15) is 0 Å². The van der Waals surface area contributed by atoms with Gasteiger partial charge >= 0.3 is 5.97 Å². The number of carboxylic acid groups (broad SMARTS) is 1. The van der Waals surface area contributed by atoms with E-state index in [4.69, 9.17) is 5.11 Å². The highest BCUT2D eigenvalue weighted by Crippen LogP contribution is 2.07. The molecule has 1 heterocycles. The van der Waals surface area contributed by atoms with Gasteiger partial charge in [0.05, 0.1) is 5.69 Å². The molecule has 0 radical (unpaired) electrons. The second-order valence-corrected chi connectivity index (χ2v) is 3.92. The van der Waals surface area contributed by atoms with Gasteiger partial charge in [-0.05, 0) is 33.5 Å². The molecule has 0 saturated carbocycles. The van der Waals surface area contributed by atoms with Crippen LogP contribution in [0, 0.1) is 0 Å². The van der Waals surface area contributed by atoms with Crippen LogP contribution >= 0.6 is 0 Å². The molecule has 90 valence electrons. The number of carboxylic acids is 1. The van der Waals surface area contributed by atoms with E-state index in [0.29, 0.717) is 18.7 Å². The number of hydrogen-bond donors (Lipinski definition) is 1. The maximum Gasteiger partial charge on any atom is 0.358 e. The molecule has 0 amide bonds. The Hall–Kier alpha value is -1.43. The predicted octanol–water partition coefficient (Wildman–Crippen LogP) is 0.490. The van der Waals surface area contributed by atoms with Gasteiger partial charge in [0.25, 0.3) is 0 Å². The van der Waals surface area contributed by atoms with Crippen molar-refractivity contribution in [3.63, 3.8) is 0 Å². The summed E-state index contributed by atoms with van der Waals surface area (Å²) in [5.41, 5.74) is 0.776. The van der Waals surface area contributed by atoms with Crippen LogP contribution in [0.1, 0.15) is 29.5 Å². The topological polar surface area (TPSA) is 71.2 Å². The van der Waals surface area contributed by atoms with Crippen molar-refractivity contribution in [1.29, 1.82) is 0 Å². The van der Waals surface area contributed by atoms with Gasteiger partial charge in [-0.2, -0.15) is 0 Å². The van der Waals surface area contributed by atoms with E-state index in [1.165, 1.54) is 0 Å². The number of aromatic carboxylic acids is 1. The van der Waals surface area contributed by atoms with Crippen LogP contribution < -0.4 is 0 Å². The summed E-state index contributed by atoms with van der Waals surface area (Å²) in [5, 5.41) is 16.5. The average molecular weight is 226 g/mol. The van der Waals surface area contributed by atoms with Crippen molar-refractivity contribution in [3.05, 3.63) is 11.4 Å². The molecule has 0 aliphatic rings. The van der Waals surface area contributed by atoms with Crippen molar-refractivity contribution in [3.8, 4) is 0 Å². The minimum absolute atomic E-state index is 0.0763. The van der Waals surface area contributed by atoms with Gasteiger partial charge in [-0.15, -0.1) is 5.10 Å². The van der Waals surface area contributed by atoms with Gasteiger partial charge in [-0.25, -0.2) is 9.48 Å². The molecule has 0 atom stereocenters. The lowest BCUT2D eigenvalue weighted by Gasteiger charge is -2.09. The number of aryl methyl sites for hydroxylation is 1.